The Bertz CT molecular complexity index is 1590. The summed E-state index contributed by atoms with van der Waals surface area (Å²) in [7, 11) is 0. The maximum atomic E-state index is 13.0. The zero-order valence-corrected chi connectivity index (χ0v) is 20.4. The first kappa shape index (κ1) is 28.9. The van der Waals surface area contributed by atoms with Gasteiger partial charge in [-0.2, -0.15) is 10.5 Å². The molecule has 0 unspecified atom stereocenters. The van der Waals surface area contributed by atoms with Gasteiger partial charge in [0.05, 0.1) is 10.5 Å². The average Bonchev–Trinajstić information content (AvgIpc) is 2.90. The molecule has 40 heavy (non-hydrogen) atoms. The van der Waals surface area contributed by atoms with E-state index >= 15 is 0 Å². The molecule has 0 aliphatic heterocycles. The molecule has 0 saturated heterocycles. The highest BCUT2D eigenvalue weighted by atomic mass is 19.1. The van der Waals surface area contributed by atoms with Crippen LogP contribution in [0.15, 0.2) is 72.8 Å². The minimum Gasteiger partial charge on any atom is -0.489 e. The van der Waals surface area contributed by atoms with Crippen molar-refractivity contribution in [1.82, 2.24) is 0 Å². The van der Waals surface area contributed by atoms with Crippen molar-refractivity contribution >= 4 is 11.4 Å². The normalized spacial score (nSPS) is 9.95. The van der Waals surface area contributed by atoms with E-state index in [4.69, 9.17) is 25.7 Å². The molecule has 0 spiro atoms. The average molecular weight is 550 g/mol. The Balaban J connectivity index is 0.000000222. The number of nitrogens with two attached hydrogens (primary N) is 1. The lowest BCUT2D eigenvalue weighted by Crippen LogP contribution is -1.98. The van der Waals surface area contributed by atoms with E-state index in [1.54, 1.807) is 18.2 Å². The number of hydrogen-bond acceptors (Lipinski definition) is 7. The molecule has 4 aromatic carbocycles. The van der Waals surface area contributed by atoms with Gasteiger partial charge in [0.15, 0.2) is 0 Å². The van der Waals surface area contributed by atoms with Crippen LogP contribution in [0.5, 0.6) is 11.5 Å². The number of hydrogen-bond donors (Lipinski definition) is 1. The topological polar surface area (TPSA) is 135 Å². The van der Waals surface area contributed by atoms with Crippen molar-refractivity contribution in [2.75, 3.05) is 5.73 Å². The molecule has 0 aromatic heterocycles. The lowest BCUT2D eigenvalue weighted by molar-refractivity contribution is -0.385. The fraction of sp³-hybridized carbons (Fsp3) is 0.0714. The number of halogens is 4. The van der Waals surface area contributed by atoms with Crippen molar-refractivity contribution in [3.63, 3.8) is 0 Å². The molecule has 4 rings (SSSR count). The Morgan fingerprint density at radius 3 is 1.55 bits per heavy atom. The third-order valence-corrected chi connectivity index (χ3v) is 5.09. The molecule has 0 atom stereocenters. The summed E-state index contributed by atoms with van der Waals surface area (Å²) >= 11 is 0. The van der Waals surface area contributed by atoms with Crippen LogP contribution in [-0.2, 0) is 13.2 Å². The number of nitrogens with zero attached hydrogens (tertiary/aromatic N) is 3. The summed E-state index contributed by atoms with van der Waals surface area (Å²) in [6.45, 7) is -0.124. The molecule has 0 amide bonds. The number of ether oxygens (including phenoxy) is 2. The van der Waals surface area contributed by atoms with Gasteiger partial charge >= 0.3 is 0 Å². The van der Waals surface area contributed by atoms with Crippen LogP contribution in [0.3, 0.4) is 0 Å². The van der Waals surface area contributed by atoms with E-state index in [0.717, 1.165) is 30.3 Å². The number of nitro benzene ring substituents is 1. The van der Waals surface area contributed by atoms with Gasteiger partial charge in [-0.25, -0.2) is 17.6 Å². The van der Waals surface area contributed by atoms with Crippen LogP contribution in [-0.4, -0.2) is 4.92 Å². The van der Waals surface area contributed by atoms with Crippen LogP contribution in [0, 0.1) is 56.0 Å². The largest absolute Gasteiger partial charge is 0.489 e. The Morgan fingerprint density at radius 1 is 0.700 bits per heavy atom. The van der Waals surface area contributed by atoms with Crippen molar-refractivity contribution in [1.29, 1.82) is 10.5 Å². The van der Waals surface area contributed by atoms with Crippen LogP contribution in [0.4, 0.5) is 28.9 Å². The number of nitrogen functional groups attached to an aromatic ring is 1. The van der Waals surface area contributed by atoms with E-state index in [2.05, 4.69) is 0 Å². The lowest BCUT2D eigenvalue weighted by atomic mass is 10.2. The maximum Gasteiger partial charge on any atom is 0.287 e. The molecule has 12 heteroatoms. The lowest BCUT2D eigenvalue weighted by Gasteiger charge is -2.07. The predicted octanol–water partition coefficient (Wildman–Crippen LogP) is 6.32. The van der Waals surface area contributed by atoms with Gasteiger partial charge in [-0.15, -0.1) is 0 Å². The number of nitro groups is 1. The van der Waals surface area contributed by atoms with Gasteiger partial charge in [-0.1, -0.05) is 0 Å². The van der Waals surface area contributed by atoms with Gasteiger partial charge in [-0.3, -0.25) is 10.1 Å². The highest BCUT2D eigenvalue weighted by molar-refractivity contribution is 5.56. The third-order valence-electron chi connectivity index (χ3n) is 5.09. The van der Waals surface area contributed by atoms with Crippen molar-refractivity contribution in [3.8, 4) is 23.6 Å². The molecular formula is C28H18F4N4O4. The number of nitriles is 2. The summed E-state index contributed by atoms with van der Waals surface area (Å²) in [6, 6.07) is 18.0. The minimum atomic E-state index is -0.727. The van der Waals surface area contributed by atoms with E-state index in [9.17, 15) is 27.7 Å². The molecule has 0 aliphatic carbocycles. The zero-order valence-electron chi connectivity index (χ0n) is 20.4. The molecular weight excluding hydrogens is 532 g/mol. The number of anilines is 1. The minimum absolute atomic E-state index is 0.00344. The fourth-order valence-electron chi connectivity index (χ4n) is 3.30. The van der Waals surface area contributed by atoms with Gasteiger partial charge in [-0.05, 0) is 59.7 Å². The highest BCUT2D eigenvalue weighted by Crippen LogP contribution is 2.24. The third kappa shape index (κ3) is 8.19. The molecule has 202 valence electrons. The van der Waals surface area contributed by atoms with Crippen molar-refractivity contribution in [2.45, 2.75) is 13.2 Å². The van der Waals surface area contributed by atoms with Crippen LogP contribution >= 0.6 is 0 Å². The Hall–Kier alpha value is -5.62. The summed E-state index contributed by atoms with van der Waals surface area (Å²) in [4.78, 5) is 10.0. The molecule has 2 N–H and O–H groups in total. The highest BCUT2D eigenvalue weighted by Gasteiger charge is 2.14. The monoisotopic (exact) mass is 550 g/mol. The van der Waals surface area contributed by atoms with E-state index in [1.807, 2.05) is 6.07 Å². The van der Waals surface area contributed by atoms with Crippen molar-refractivity contribution in [3.05, 3.63) is 128 Å². The van der Waals surface area contributed by atoms with Gasteiger partial charge in [0.25, 0.3) is 5.69 Å². The SMILES string of the molecule is N#Cc1cc(OCc2cc(F)cc(F)c2)ccc1N.N#Cc1cc(OCc2cc(F)cc(F)c2)ccc1[N+](=O)[O-]. The molecule has 4 aromatic rings. The predicted molar refractivity (Wildman–Crippen MR) is 135 cm³/mol. The maximum absolute atomic E-state index is 13.0. The number of rotatable bonds is 7. The quantitative estimate of drug-likeness (QED) is 0.123. The van der Waals surface area contributed by atoms with Gasteiger partial charge < -0.3 is 15.2 Å². The second-order valence-electron chi connectivity index (χ2n) is 8.04. The molecule has 8 nitrogen and oxygen atoms in total. The summed E-state index contributed by atoms with van der Waals surface area (Å²) in [5, 5.41) is 28.3. The Labute approximate surface area is 225 Å². The molecule has 0 radical (unpaired) electrons. The van der Waals surface area contributed by atoms with E-state index in [0.29, 0.717) is 22.6 Å². The standard InChI is InChI=1S/C14H8F2N2O3.C14H10F2N2O/c15-11-3-9(4-12(16)6-11)8-21-13-1-2-14(18(19)20)10(5-13)7-17;15-11-3-9(4-12(16)6-11)8-19-13-1-2-14(18)10(5-13)7-17/h1-6H,8H2;1-6H,8,18H2. The molecule has 0 aliphatic rings. The van der Waals surface area contributed by atoms with Crippen molar-refractivity contribution < 1.29 is 32.0 Å². The Morgan fingerprint density at radius 2 is 1.12 bits per heavy atom. The van der Waals surface area contributed by atoms with Crippen molar-refractivity contribution in [2.24, 2.45) is 0 Å². The van der Waals surface area contributed by atoms with Crippen LogP contribution in [0.1, 0.15) is 22.3 Å². The fourth-order valence-corrected chi connectivity index (χ4v) is 3.30. The smallest absolute Gasteiger partial charge is 0.287 e. The second kappa shape index (κ2) is 13.3. The van der Waals surface area contributed by atoms with Crippen LogP contribution < -0.4 is 15.2 Å². The molecule has 0 bridgehead atoms. The Kier molecular flexibility index (Phi) is 9.59. The van der Waals surface area contributed by atoms with Crippen LogP contribution in [0.2, 0.25) is 0 Å². The van der Waals surface area contributed by atoms with E-state index < -0.39 is 28.2 Å². The molecule has 0 saturated carbocycles. The van der Waals surface area contributed by atoms with Gasteiger partial charge in [0.2, 0.25) is 0 Å². The number of benzene rings is 4. The molecule has 0 heterocycles. The summed E-state index contributed by atoms with van der Waals surface area (Å²) in [6.07, 6.45) is 0. The molecule has 0 fully saturated rings. The summed E-state index contributed by atoms with van der Waals surface area (Å²) in [5.41, 5.74) is 6.37. The second-order valence-corrected chi connectivity index (χ2v) is 8.04. The zero-order chi connectivity index (χ0) is 29.2. The summed E-state index contributed by atoms with van der Waals surface area (Å²) in [5.74, 6) is -2.16. The first-order valence-electron chi connectivity index (χ1n) is 11.2. The summed E-state index contributed by atoms with van der Waals surface area (Å²) < 4.78 is 62.6. The van der Waals surface area contributed by atoms with Crippen LogP contribution in [0.25, 0.3) is 0 Å². The first-order chi connectivity index (χ1) is 19.1. The first-order valence-corrected chi connectivity index (χ1v) is 11.2. The van der Waals surface area contributed by atoms with Gasteiger partial charge in [0.1, 0.15) is 65.7 Å². The van der Waals surface area contributed by atoms with E-state index in [-0.39, 0.29) is 35.8 Å². The van der Waals surface area contributed by atoms with E-state index in [1.165, 1.54) is 30.3 Å². The van der Waals surface area contributed by atoms with Gasteiger partial charge in [0, 0.05) is 30.0 Å².